The van der Waals surface area contributed by atoms with Gasteiger partial charge in [-0.3, -0.25) is 0 Å². The van der Waals surface area contributed by atoms with Crippen molar-refractivity contribution in [1.82, 2.24) is 5.32 Å². The molecule has 0 aliphatic rings. The maximum atomic E-state index is 13.9. The quantitative estimate of drug-likeness (QED) is 0.851. The number of rotatable bonds is 5. The van der Waals surface area contributed by atoms with Gasteiger partial charge < -0.3 is 5.32 Å². The molecular formula is C11H16FNO4S2. The number of likely N-dealkylation sites (N-methyl/N-ethyl adjacent to an activating group) is 1. The molecule has 0 aromatic heterocycles. The van der Waals surface area contributed by atoms with E-state index < -0.39 is 35.3 Å². The molecule has 0 spiro atoms. The smallest absolute Gasteiger partial charge is 0.179 e. The van der Waals surface area contributed by atoms with E-state index in [1.54, 1.807) is 7.05 Å². The maximum Gasteiger partial charge on any atom is 0.179 e. The van der Waals surface area contributed by atoms with Crippen LogP contribution in [0.4, 0.5) is 4.39 Å². The lowest BCUT2D eigenvalue weighted by Crippen LogP contribution is -2.14. The molecule has 1 rings (SSSR count). The Hall–Kier alpha value is -0.990. The van der Waals surface area contributed by atoms with Gasteiger partial charge in [0.2, 0.25) is 0 Å². The van der Waals surface area contributed by atoms with Gasteiger partial charge >= 0.3 is 0 Å². The average Bonchev–Trinajstić information content (AvgIpc) is 2.22. The lowest BCUT2D eigenvalue weighted by molar-refractivity contribution is 0.552. The summed E-state index contributed by atoms with van der Waals surface area (Å²) in [7, 11) is -6.07. The van der Waals surface area contributed by atoms with Crippen LogP contribution in [0.2, 0.25) is 0 Å². The minimum atomic E-state index is -3.95. The fourth-order valence-corrected chi connectivity index (χ4v) is 4.22. The molecule has 0 saturated heterocycles. The van der Waals surface area contributed by atoms with Crippen LogP contribution in [0.1, 0.15) is 5.56 Å². The van der Waals surface area contributed by atoms with E-state index in [2.05, 4.69) is 5.32 Å². The fraction of sp³-hybridized carbons (Fsp3) is 0.455. The summed E-state index contributed by atoms with van der Waals surface area (Å²) in [5, 5.41) is 2.85. The van der Waals surface area contributed by atoms with E-state index in [1.165, 1.54) is 6.07 Å². The topological polar surface area (TPSA) is 80.3 Å². The van der Waals surface area contributed by atoms with Crippen LogP contribution in [-0.4, -0.2) is 42.9 Å². The summed E-state index contributed by atoms with van der Waals surface area (Å²) < 4.78 is 60.2. The molecule has 0 fully saturated rings. The molecule has 0 saturated carbocycles. The standard InChI is InChI=1S/C11H16FNO4S2/c1-13-5-4-8-6-9(12)11(19(3,16)17)10(7-8)18(2,14)15/h6-7,13H,4-5H2,1-3H3. The molecule has 19 heavy (non-hydrogen) atoms. The molecule has 0 unspecified atom stereocenters. The molecule has 0 heterocycles. The second-order valence-electron chi connectivity index (χ2n) is 4.30. The summed E-state index contributed by atoms with van der Waals surface area (Å²) >= 11 is 0. The van der Waals surface area contributed by atoms with Crippen LogP contribution in [0, 0.1) is 5.82 Å². The molecule has 1 aromatic carbocycles. The van der Waals surface area contributed by atoms with Gasteiger partial charge in [-0.15, -0.1) is 0 Å². The van der Waals surface area contributed by atoms with Gasteiger partial charge in [-0.05, 0) is 37.7 Å². The molecule has 0 atom stereocenters. The molecule has 1 N–H and O–H groups in total. The highest BCUT2D eigenvalue weighted by Gasteiger charge is 2.25. The highest BCUT2D eigenvalue weighted by atomic mass is 32.2. The molecule has 0 amide bonds. The van der Waals surface area contributed by atoms with Gasteiger partial charge in [0.25, 0.3) is 0 Å². The van der Waals surface area contributed by atoms with Crippen molar-refractivity contribution in [2.75, 3.05) is 26.1 Å². The van der Waals surface area contributed by atoms with Crippen molar-refractivity contribution < 1.29 is 21.2 Å². The van der Waals surface area contributed by atoms with Crippen molar-refractivity contribution >= 4 is 19.7 Å². The van der Waals surface area contributed by atoms with Gasteiger partial charge in [0.15, 0.2) is 19.7 Å². The predicted octanol–water partition coefficient (Wildman–Crippen LogP) is 0.395. The van der Waals surface area contributed by atoms with E-state index in [-0.39, 0.29) is 0 Å². The molecule has 108 valence electrons. The third kappa shape index (κ3) is 3.99. The molecule has 0 radical (unpaired) electrons. The molecule has 0 bridgehead atoms. The van der Waals surface area contributed by atoms with Gasteiger partial charge in [-0.2, -0.15) is 0 Å². The van der Waals surface area contributed by atoms with Crippen LogP contribution < -0.4 is 5.32 Å². The first-order valence-corrected chi connectivity index (χ1v) is 9.23. The van der Waals surface area contributed by atoms with Gasteiger partial charge in [-0.1, -0.05) is 0 Å². The predicted molar refractivity (Wildman–Crippen MR) is 70.3 cm³/mol. The molecule has 1 aromatic rings. The zero-order chi connectivity index (χ0) is 14.8. The summed E-state index contributed by atoms with van der Waals surface area (Å²) in [4.78, 5) is -1.25. The summed E-state index contributed by atoms with van der Waals surface area (Å²) in [6.07, 6.45) is 2.05. The number of hydrogen-bond acceptors (Lipinski definition) is 5. The lowest BCUT2D eigenvalue weighted by atomic mass is 10.1. The molecule has 0 aliphatic carbocycles. The van der Waals surface area contributed by atoms with Crippen molar-refractivity contribution in [2.45, 2.75) is 16.2 Å². The Balaban J connectivity index is 3.58. The maximum absolute atomic E-state index is 13.9. The highest BCUT2D eigenvalue weighted by molar-refractivity contribution is 7.93. The van der Waals surface area contributed by atoms with Crippen molar-refractivity contribution in [3.63, 3.8) is 0 Å². The van der Waals surface area contributed by atoms with Crippen LogP contribution in [0.15, 0.2) is 21.9 Å². The molecule has 5 nitrogen and oxygen atoms in total. The van der Waals surface area contributed by atoms with Crippen LogP contribution in [-0.2, 0) is 26.1 Å². The Morgan fingerprint density at radius 3 is 2.11 bits per heavy atom. The zero-order valence-corrected chi connectivity index (χ0v) is 12.5. The van der Waals surface area contributed by atoms with Gasteiger partial charge in [0, 0.05) is 12.5 Å². The van der Waals surface area contributed by atoms with E-state index in [0.29, 0.717) is 18.5 Å². The summed E-state index contributed by atoms with van der Waals surface area (Å²) in [5.74, 6) is -1.03. The third-order valence-electron chi connectivity index (χ3n) is 2.50. The first kappa shape index (κ1) is 16.1. The average molecular weight is 309 g/mol. The molecule has 8 heteroatoms. The number of benzene rings is 1. The fourth-order valence-electron chi connectivity index (χ4n) is 1.67. The Labute approximate surface area is 112 Å². The molecule has 0 aliphatic heterocycles. The van der Waals surface area contributed by atoms with Crippen molar-refractivity contribution in [3.05, 3.63) is 23.5 Å². The highest BCUT2D eigenvalue weighted by Crippen LogP contribution is 2.26. The van der Waals surface area contributed by atoms with E-state index in [0.717, 1.165) is 18.6 Å². The van der Waals surface area contributed by atoms with Crippen LogP contribution in [0.25, 0.3) is 0 Å². The Morgan fingerprint density at radius 1 is 1.11 bits per heavy atom. The number of hydrogen-bond donors (Lipinski definition) is 1. The first-order chi connectivity index (χ1) is 8.57. The van der Waals surface area contributed by atoms with E-state index in [1.807, 2.05) is 0 Å². The monoisotopic (exact) mass is 309 g/mol. The van der Waals surface area contributed by atoms with Gasteiger partial charge in [0.05, 0.1) is 4.90 Å². The minimum absolute atomic E-state index is 0.403. The van der Waals surface area contributed by atoms with Crippen molar-refractivity contribution in [3.8, 4) is 0 Å². The minimum Gasteiger partial charge on any atom is -0.319 e. The summed E-state index contributed by atoms with van der Waals surface area (Å²) in [6, 6.07) is 2.27. The summed E-state index contributed by atoms with van der Waals surface area (Å²) in [5.41, 5.74) is 0.430. The largest absolute Gasteiger partial charge is 0.319 e. The second-order valence-corrected chi connectivity index (χ2v) is 8.24. The second kappa shape index (κ2) is 5.56. The molecular weight excluding hydrogens is 293 g/mol. The van der Waals surface area contributed by atoms with Gasteiger partial charge in [-0.25, -0.2) is 21.2 Å². The normalized spacial score (nSPS) is 12.6. The number of nitrogens with one attached hydrogen (secondary N) is 1. The Bertz CT molecular complexity index is 681. The number of sulfone groups is 2. The summed E-state index contributed by atoms with van der Waals surface area (Å²) in [6.45, 7) is 0.529. The van der Waals surface area contributed by atoms with Gasteiger partial charge in [0.1, 0.15) is 10.7 Å². The van der Waals surface area contributed by atoms with Crippen LogP contribution >= 0.6 is 0 Å². The van der Waals surface area contributed by atoms with Crippen molar-refractivity contribution in [1.29, 1.82) is 0 Å². The van der Waals surface area contributed by atoms with E-state index in [9.17, 15) is 21.2 Å². The van der Waals surface area contributed by atoms with Crippen molar-refractivity contribution in [2.24, 2.45) is 0 Å². The number of halogens is 1. The van der Waals surface area contributed by atoms with Crippen LogP contribution in [0.5, 0.6) is 0 Å². The van der Waals surface area contributed by atoms with E-state index in [4.69, 9.17) is 0 Å². The van der Waals surface area contributed by atoms with E-state index >= 15 is 0 Å². The third-order valence-corrected chi connectivity index (χ3v) is 4.91. The Kier molecular flexibility index (Phi) is 4.70. The Morgan fingerprint density at radius 2 is 1.68 bits per heavy atom. The SMILES string of the molecule is CNCCc1cc(F)c(S(C)(=O)=O)c(S(C)(=O)=O)c1. The first-order valence-electron chi connectivity index (χ1n) is 5.44. The van der Waals surface area contributed by atoms with Crippen LogP contribution in [0.3, 0.4) is 0 Å². The lowest BCUT2D eigenvalue weighted by Gasteiger charge is -2.10. The zero-order valence-electron chi connectivity index (χ0n) is 10.9.